The van der Waals surface area contributed by atoms with Crippen LogP contribution in [0.4, 0.5) is 0 Å². The molecule has 0 saturated heterocycles. The van der Waals surface area contributed by atoms with Gasteiger partial charge in [0.25, 0.3) is 0 Å². The number of allylic oxidation sites excluding steroid dienone is 2. The van der Waals surface area contributed by atoms with Crippen molar-refractivity contribution in [1.29, 1.82) is 0 Å². The normalized spacial score (nSPS) is 14.4. The van der Waals surface area contributed by atoms with Gasteiger partial charge in [0.2, 0.25) is 0 Å². The average molecular weight is 251 g/mol. The van der Waals surface area contributed by atoms with Crippen molar-refractivity contribution >= 4 is 29.6 Å². The number of pyridine rings is 1. The first-order valence-electron chi connectivity index (χ1n) is 5.72. The zero-order valence-electron chi connectivity index (χ0n) is 9.46. The van der Waals surface area contributed by atoms with Crippen LogP contribution in [0.2, 0.25) is 0 Å². The zero-order chi connectivity index (χ0) is 11.9. The van der Waals surface area contributed by atoms with Crippen molar-refractivity contribution in [2.75, 3.05) is 0 Å². The molecule has 2 nitrogen and oxygen atoms in total. The number of ether oxygens (including phenoxy) is 1. The summed E-state index contributed by atoms with van der Waals surface area (Å²) < 4.78 is 8.08. The summed E-state index contributed by atoms with van der Waals surface area (Å²) in [6, 6.07) is 2.06. The van der Waals surface area contributed by atoms with Crippen LogP contribution in [0.5, 0.6) is 5.75 Å². The molecule has 86 valence electrons. The molecule has 0 spiro atoms. The molecule has 0 bridgehead atoms. The van der Waals surface area contributed by atoms with E-state index in [1.54, 1.807) is 17.6 Å². The summed E-state index contributed by atoms with van der Waals surface area (Å²) in [6.45, 7) is 0. The van der Waals surface area contributed by atoms with Gasteiger partial charge in [0.15, 0.2) is 5.75 Å². The number of hydrogen-bond donors (Lipinski definition) is 0. The van der Waals surface area contributed by atoms with E-state index in [0.717, 1.165) is 16.5 Å². The molecule has 0 atom stereocenters. The Balaban J connectivity index is 2.33. The van der Waals surface area contributed by atoms with E-state index in [4.69, 9.17) is 4.74 Å². The summed E-state index contributed by atoms with van der Waals surface area (Å²) >= 11 is 1.76. The molecule has 2 aliphatic rings. The maximum absolute atomic E-state index is 5.65. The molecule has 18 heavy (non-hydrogen) atoms. The Morgan fingerprint density at radius 3 is 3.17 bits per heavy atom. The number of aromatic nitrogens is 1. The fourth-order valence-corrected chi connectivity index (χ4v) is 3.44. The molecule has 0 radical (unpaired) electrons. The minimum absolute atomic E-state index is 0.965. The Hall–Kier alpha value is -2.13. The Morgan fingerprint density at radius 2 is 2.17 bits per heavy atom. The molecule has 0 unspecified atom stereocenters. The molecular formula is C15H9NOS. The molecule has 0 N–H and O–H groups in total. The van der Waals surface area contributed by atoms with Crippen molar-refractivity contribution in [3.05, 3.63) is 61.9 Å². The average Bonchev–Trinajstić information content (AvgIpc) is 2.69. The summed E-state index contributed by atoms with van der Waals surface area (Å²) in [6.07, 6.45) is 15.7. The SMILES string of the molecule is C1=COc2c3c(sc2=C1)=c1ccncc1=CC=C3. The molecule has 2 aromatic rings. The highest BCUT2D eigenvalue weighted by Crippen LogP contribution is 2.24. The van der Waals surface area contributed by atoms with Crippen molar-refractivity contribution in [1.82, 2.24) is 4.98 Å². The van der Waals surface area contributed by atoms with Gasteiger partial charge >= 0.3 is 0 Å². The standard InChI is InChI=1S/C15H9NOS/c1-3-10-9-16-7-6-11(10)15-12(4-1)14-13(18-15)5-2-8-17-14/h1-9H. The van der Waals surface area contributed by atoms with Crippen molar-refractivity contribution in [3.8, 4) is 5.75 Å². The number of nitrogens with zero attached hydrogens (tertiary/aromatic N) is 1. The lowest BCUT2D eigenvalue weighted by atomic mass is 10.2. The number of thiophene rings is 1. The van der Waals surface area contributed by atoms with Crippen LogP contribution in [0.15, 0.2) is 36.9 Å². The first kappa shape index (κ1) is 9.85. The minimum atomic E-state index is 0.965. The first-order valence-corrected chi connectivity index (χ1v) is 6.54. The van der Waals surface area contributed by atoms with Gasteiger partial charge in [0, 0.05) is 32.9 Å². The van der Waals surface area contributed by atoms with Crippen molar-refractivity contribution in [2.45, 2.75) is 0 Å². The molecule has 3 heteroatoms. The van der Waals surface area contributed by atoms with Gasteiger partial charge in [0.1, 0.15) is 0 Å². The molecule has 0 aromatic carbocycles. The number of hydrogen-bond acceptors (Lipinski definition) is 3. The predicted molar refractivity (Wildman–Crippen MR) is 73.2 cm³/mol. The third kappa shape index (κ3) is 1.31. The van der Waals surface area contributed by atoms with E-state index in [2.05, 4.69) is 35.4 Å². The monoisotopic (exact) mass is 251 g/mol. The summed E-state index contributed by atoms with van der Waals surface area (Å²) in [7, 11) is 0. The van der Waals surface area contributed by atoms with Gasteiger partial charge in [-0.1, -0.05) is 12.2 Å². The topological polar surface area (TPSA) is 22.1 Å². The van der Waals surface area contributed by atoms with Crippen LogP contribution in [-0.4, -0.2) is 4.98 Å². The van der Waals surface area contributed by atoms with E-state index in [1.165, 1.54) is 14.3 Å². The van der Waals surface area contributed by atoms with Crippen LogP contribution in [0.3, 0.4) is 0 Å². The largest absolute Gasteiger partial charge is 0.463 e. The highest BCUT2D eigenvalue weighted by atomic mass is 32.1. The lowest BCUT2D eigenvalue weighted by molar-refractivity contribution is 0.476. The second-order valence-corrected chi connectivity index (χ2v) is 5.19. The van der Waals surface area contributed by atoms with Gasteiger partial charge < -0.3 is 4.74 Å². The van der Waals surface area contributed by atoms with Gasteiger partial charge in [-0.2, -0.15) is 0 Å². The Kier molecular flexibility index (Phi) is 2.02. The first-order chi connectivity index (χ1) is 8.93. The van der Waals surface area contributed by atoms with E-state index < -0.39 is 0 Å². The molecule has 0 saturated carbocycles. The van der Waals surface area contributed by atoms with Crippen molar-refractivity contribution < 1.29 is 4.74 Å². The Bertz CT molecular complexity index is 903. The molecule has 4 rings (SSSR count). The summed E-state index contributed by atoms with van der Waals surface area (Å²) in [5.74, 6) is 0.965. The molecule has 0 fully saturated rings. The number of fused-ring (bicyclic) bond motifs is 4. The minimum Gasteiger partial charge on any atom is -0.463 e. The van der Waals surface area contributed by atoms with E-state index >= 15 is 0 Å². The van der Waals surface area contributed by atoms with Crippen LogP contribution >= 0.6 is 11.3 Å². The van der Waals surface area contributed by atoms with Crippen LogP contribution in [-0.2, 0) is 0 Å². The Morgan fingerprint density at radius 1 is 1.17 bits per heavy atom. The van der Waals surface area contributed by atoms with E-state index in [-0.39, 0.29) is 0 Å². The lowest BCUT2D eigenvalue weighted by Gasteiger charge is -2.01. The van der Waals surface area contributed by atoms with Gasteiger partial charge in [-0.3, -0.25) is 4.98 Å². The van der Waals surface area contributed by atoms with E-state index in [0.29, 0.717) is 0 Å². The molecule has 1 aliphatic heterocycles. The highest BCUT2D eigenvalue weighted by Gasteiger charge is 2.11. The fraction of sp³-hybridized carbons (Fsp3) is 0. The molecule has 2 aromatic heterocycles. The Labute approximate surface area is 107 Å². The zero-order valence-corrected chi connectivity index (χ0v) is 10.3. The second kappa shape index (κ2) is 3.68. The van der Waals surface area contributed by atoms with Crippen LogP contribution < -0.4 is 14.5 Å². The summed E-state index contributed by atoms with van der Waals surface area (Å²) in [4.78, 5) is 4.18. The van der Waals surface area contributed by atoms with Gasteiger partial charge in [0.05, 0.1) is 10.8 Å². The van der Waals surface area contributed by atoms with Crippen molar-refractivity contribution in [2.24, 2.45) is 0 Å². The second-order valence-electron chi connectivity index (χ2n) is 4.14. The van der Waals surface area contributed by atoms with Gasteiger partial charge in [-0.05, 0) is 24.3 Å². The highest BCUT2D eigenvalue weighted by molar-refractivity contribution is 7.08. The maximum atomic E-state index is 5.65. The fourth-order valence-electron chi connectivity index (χ4n) is 2.26. The third-order valence-electron chi connectivity index (χ3n) is 3.07. The molecule has 0 amide bonds. The van der Waals surface area contributed by atoms with Crippen molar-refractivity contribution in [3.63, 3.8) is 0 Å². The third-order valence-corrected chi connectivity index (χ3v) is 4.26. The van der Waals surface area contributed by atoms with E-state index in [1.807, 2.05) is 18.5 Å². The van der Waals surface area contributed by atoms with Gasteiger partial charge in [-0.25, -0.2) is 0 Å². The smallest absolute Gasteiger partial charge is 0.152 e. The van der Waals surface area contributed by atoms with Gasteiger partial charge in [-0.15, -0.1) is 11.3 Å². The maximum Gasteiger partial charge on any atom is 0.152 e. The van der Waals surface area contributed by atoms with Crippen LogP contribution in [0, 0.1) is 9.75 Å². The summed E-state index contributed by atoms with van der Waals surface area (Å²) in [5, 5.41) is 2.38. The molecular weight excluding hydrogens is 242 g/mol. The quantitative estimate of drug-likeness (QED) is 0.713. The summed E-state index contributed by atoms with van der Waals surface area (Å²) in [5.41, 5.74) is 1.16. The van der Waals surface area contributed by atoms with E-state index in [9.17, 15) is 0 Å². The molecule has 1 aliphatic carbocycles. The number of rotatable bonds is 0. The molecule has 3 heterocycles. The van der Waals surface area contributed by atoms with Crippen LogP contribution in [0.1, 0.15) is 5.56 Å². The lowest BCUT2D eigenvalue weighted by Crippen LogP contribution is -2.02. The predicted octanol–water partition coefficient (Wildman–Crippen LogP) is 1.92. The van der Waals surface area contributed by atoms with Crippen LogP contribution in [0.25, 0.3) is 18.2 Å².